The number of hydrogen-bond acceptors (Lipinski definition) is 2. The van der Waals surface area contributed by atoms with Crippen LogP contribution in [0.2, 0.25) is 0 Å². The lowest BCUT2D eigenvalue weighted by Crippen LogP contribution is -2.50. The standard InChI is InChI=1S/C15H21N3O/c1-12-3-5-13(6-4-12)9-17-11-14-10-16(2)7-8-18(14)15(17)19/h3-6,14H,7-11H2,1-2H3/t14-/m1/s1. The molecule has 1 aromatic carbocycles. The van der Waals surface area contributed by atoms with Crippen LogP contribution in [0.1, 0.15) is 11.1 Å². The fourth-order valence-corrected chi connectivity index (χ4v) is 2.98. The van der Waals surface area contributed by atoms with Crippen molar-refractivity contribution in [1.29, 1.82) is 0 Å². The number of rotatable bonds is 2. The molecule has 0 N–H and O–H groups in total. The minimum atomic E-state index is 0.207. The summed E-state index contributed by atoms with van der Waals surface area (Å²) in [6.45, 7) is 6.52. The van der Waals surface area contributed by atoms with Crippen molar-refractivity contribution in [2.24, 2.45) is 0 Å². The summed E-state index contributed by atoms with van der Waals surface area (Å²) in [5.74, 6) is 0. The highest BCUT2D eigenvalue weighted by Crippen LogP contribution is 2.21. The summed E-state index contributed by atoms with van der Waals surface area (Å²) in [7, 11) is 2.13. The summed E-state index contributed by atoms with van der Waals surface area (Å²) in [6.07, 6.45) is 0. The molecule has 0 bridgehead atoms. The third-order valence-corrected chi connectivity index (χ3v) is 4.13. The zero-order chi connectivity index (χ0) is 13.4. The van der Waals surface area contributed by atoms with Crippen LogP contribution < -0.4 is 0 Å². The Morgan fingerprint density at radius 3 is 2.63 bits per heavy atom. The van der Waals surface area contributed by atoms with Crippen molar-refractivity contribution in [3.63, 3.8) is 0 Å². The first-order chi connectivity index (χ1) is 9.13. The smallest absolute Gasteiger partial charge is 0.318 e. The first kappa shape index (κ1) is 12.5. The van der Waals surface area contributed by atoms with Crippen molar-refractivity contribution in [3.05, 3.63) is 35.4 Å². The highest BCUT2D eigenvalue weighted by atomic mass is 16.2. The molecule has 3 rings (SSSR count). The lowest BCUT2D eigenvalue weighted by molar-refractivity contribution is 0.138. The molecule has 0 saturated carbocycles. The lowest BCUT2D eigenvalue weighted by Gasteiger charge is -2.33. The summed E-state index contributed by atoms with van der Waals surface area (Å²) in [5.41, 5.74) is 2.47. The molecule has 0 aromatic heterocycles. The summed E-state index contributed by atoms with van der Waals surface area (Å²) < 4.78 is 0. The van der Waals surface area contributed by atoms with E-state index in [0.29, 0.717) is 6.04 Å². The molecule has 2 aliphatic rings. The first-order valence-corrected chi connectivity index (χ1v) is 6.93. The van der Waals surface area contributed by atoms with Gasteiger partial charge in [0, 0.05) is 32.7 Å². The Kier molecular flexibility index (Phi) is 3.19. The number of amides is 2. The molecule has 1 aromatic rings. The second kappa shape index (κ2) is 4.85. The number of carbonyl (C=O) groups excluding carboxylic acids is 1. The van der Waals surface area contributed by atoms with E-state index in [4.69, 9.17) is 0 Å². The van der Waals surface area contributed by atoms with Crippen LogP contribution in [0.5, 0.6) is 0 Å². The Morgan fingerprint density at radius 2 is 1.89 bits per heavy atom. The van der Waals surface area contributed by atoms with Gasteiger partial charge in [0.2, 0.25) is 0 Å². The van der Waals surface area contributed by atoms with Gasteiger partial charge in [-0.25, -0.2) is 4.79 Å². The molecule has 0 aliphatic carbocycles. The van der Waals surface area contributed by atoms with Gasteiger partial charge < -0.3 is 14.7 Å². The topological polar surface area (TPSA) is 26.8 Å². The van der Waals surface area contributed by atoms with Gasteiger partial charge in [0.15, 0.2) is 0 Å². The molecule has 1 atom stereocenters. The molecule has 2 amide bonds. The van der Waals surface area contributed by atoms with Crippen molar-refractivity contribution in [3.8, 4) is 0 Å². The Labute approximate surface area is 114 Å². The van der Waals surface area contributed by atoms with E-state index in [0.717, 1.165) is 32.7 Å². The molecule has 4 nitrogen and oxygen atoms in total. The van der Waals surface area contributed by atoms with Gasteiger partial charge in [-0.1, -0.05) is 29.8 Å². The number of hydrogen-bond donors (Lipinski definition) is 0. The quantitative estimate of drug-likeness (QED) is 0.805. The number of carbonyl (C=O) groups is 1. The Balaban J connectivity index is 1.69. The molecule has 0 spiro atoms. The molecule has 4 heteroatoms. The van der Waals surface area contributed by atoms with Gasteiger partial charge in [0.05, 0.1) is 6.04 Å². The molecular formula is C15H21N3O. The van der Waals surface area contributed by atoms with Crippen molar-refractivity contribution in [2.45, 2.75) is 19.5 Å². The fourth-order valence-electron chi connectivity index (χ4n) is 2.98. The number of fused-ring (bicyclic) bond motifs is 1. The first-order valence-electron chi connectivity index (χ1n) is 6.93. The number of urea groups is 1. The van der Waals surface area contributed by atoms with Gasteiger partial charge in [-0.15, -0.1) is 0 Å². The van der Waals surface area contributed by atoms with Crippen LogP contribution in [0.3, 0.4) is 0 Å². The average molecular weight is 259 g/mol. The van der Waals surface area contributed by atoms with E-state index >= 15 is 0 Å². The highest BCUT2D eigenvalue weighted by molar-refractivity contribution is 5.77. The molecule has 0 unspecified atom stereocenters. The van der Waals surface area contributed by atoms with E-state index in [2.05, 4.69) is 43.1 Å². The van der Waals surface area contributed by atoms with Crippen molar-refractivity contribution >= 4 is 6.03 Å². The molecule has 2 fully saturated rings. The van der Waals surface area contributed by atoms with Crippen LogP contribution >= 0.6 is 0 Å². The van der Waals surface area contributed by atoms with Crippen molar-refractivity contribution < 1.29 is 4.79 Å². The third kappa shape index (κ3) is 2.45. The minimum absolute atomic E-state index is 0.207. The van der Waals surface area contributed by atoms with Crippen molar-refractivity contribution in [2.75, 3.05) is 33.2 Å². The van der Waals surface area contributed by atoms with E-state index in [1.165, 1.54) is 11.1 Å². The molecule has 2 heterocycles. The van der Waals surface area contributed by atoms with E-state index in [-0.39, 0.29) is 6.03 Å². The number of piperazine rings is 1. The summed E-state index contributed by atoms with van der Waals surface area (Å²) in [4.78, 5) is 18.7. The summed E-state index contributed by atoms with van der Waals surface area (Å²) in [6, 6.07) is 9.03. The molecule has 2 saturated heterocycles. The van der Waals surface area contributed by atoms with E-state index in [1.807, 2.05) is 9.80 Å². The molecule has 102 valence electrons. The van der Waals surface area contributed by atoms with Crippen molar-refractivity contribution in [1.82, 2.24) is 14.7 Å². The fraction of sp³-hybridized carbons (Fsp3) is 0.533. The second-order valence-corrected chi connectivity index (χ2v) is 5.76. The van der Waals surface area contributed by atoms with Crippen LogP contribution in [0.15, 0.2) is 24.3 Å². The molecular weight excluding hydrogens is 238 g/mol. The molecule has 2 aliphatic heterocycles. The van der Waals surface area contributed by atoms with Gasteiger partial charge in [-0.05, 0) is 19.5 Å². The average Bonchev–Trinajstić information content (AvgIpc) is 2.68. The zero-order valence-corrected chi connectivity index (χ0v) is 11.7. The Hall–Kier alpha value is -1.55. The summed E-state index contributed by atoms with van der Waals surface area (Å²) in [5, 5.41) is 0. The van der Waals surface area contributed by atoms with Crippen LogP contribution in [-0.2, 0) is 6.54 Å². The van der Waals surface area contributed by atoms with Gasteiger partial charge in [0.25, 0.3) is 0 Å². The predicted molar refractivity (Wildman–Crippen MR) is 75.0 cm³/mol. The van der Waals surface area contributed by atoms with E-state index in [1.54, 1.807) is 0 Å². The SMILES string of the molecule is Cc1ccc(CN2C[C@H]3CN(C)CCN3C2=O)cc1. The molecule has 0 radical (unpaired) electrons. The molecule has 19 heavy (non-hydrogen) atoms. The van der Waals surface area contributed by atoms with Gasteiger partial charge in [-0.3, -0.25) is 0 Å². The predicted octanol–water partition coefficient (Wildman–Crippen LogP) is 1.55. The summed E-state index contributed by atoms with van der Waals surface area (Å²) >= 11 is 0. The maximum absolute atomic E-state index is 12.4. The van der Waals surface area contributed by atoms with E-state index < -0.39 is 0 Å². The Bertz CT molecular complexity index is 471. The lowest BCUT2D eigenvalue weighted by atomic mass is 10.1. The van der Waals surface area contributed by atoms with Crippen LogP contribution in [-0.4, -0.2) is 60.0 Å². The second-order valence-electron chi connectivity index (χ2n) is 5.76. The maximum atomic E-state index is 12.4. The van der Waals surface area contributed by atoms with Gasteiger partial charge >= 0.3 is 6.03 Å². The van der Waals surface area contributed by atoms with E-state index in [9.17, 15) is 4.79 Å². The Morgan fingerprint density at radius 1 is 1.16 bits per heavy atom. The number of likely N-dealkylation sites (N-methyl/N-ethyl adjacent to an activating group) is 1. The zero-order valence-electron chi connectivity index (χ0n) is 11.7. The van der Waals surface area contributed by atoms with Gasteiger partial charge in [0.1, 0.15) is 0 Å². The monoisotopic (exact) mass is 259 g/mol. The van der Waals surface area contributed by atoms with Gasteiger partial charge in [-0.2, -0.15) is 0 Å². The number of benzene rings is 1. The largest absolute Gasteiger partial charge is 0.320 e. The van der Waals surface area contributed by atoms with Crippen LogP contribution in [0.25, 0.3) is 0 Å². The minimum Gasteiger partial charge on any atom is -0.318 e. The normalized spacial score (nSPS) is 23.9. The number of nitrogens with zero attached hydrogens (tertiary/aromatic N) is 3. The third-order valence-electron chi connectivity index (χ3n) is 4.13. The van der Waals surface area contributed by atoms with Crippen LogP contribution in [0.4, 0.5) is 4.79 Å². The number of aryl methyl sites for hydroxylation is 1. The maximum Gasteiger partial charge on any atom is 0.320 e. The van der Waals surface area contributed by atoms with Crippen LogP contribution in [0, 0.1) is 6.92 Å². The highest BCUT2D eigenvalue weighted by Gasteiger charge is 2.39.